The van der Waals surface area contributed by atoms with Gasteiger partial charge in [0.05, 0.1) is 12.5 Å². The van der Waals surface area contributed by atoms with Crippen molar-refractivity contribution >= 4 is 10.0 Å². The van der Waals surface area contributed by atoms with E-state index in [9.17, 15) is 8.42 Å². The van der Waals surface area contributed by atoms with E-state index in [2.05, 4.69) is 14.7 Å². The van der Waals surface area contributed by atoms with E-state index in [0.29, 0.717) is 13.2 Å². The number of hydrogen-bond donors (Lipinski definition) is 2. The van der Waals surface area contributed by atoms with Crippen molar-refractivity contribution in [2.45, 2.75) is 17.9 Å². The molecule has 0 atom stereocenters. The summed E-state index contributed by atoms with van der Waals surface area (Å²) in [6, 6.07) is 0. The summed E-state index contributed by atoms with van der Waals surface area (Å²) < 4.78 is 30.3. The summed E-state index contributed by atoms with van der Waals surface area (Å²) in [4.78, 5) is 6.19. The van der Waals surface area contributed by atoms with E-state index in [1.165, 1.54) is 12.5 Å². The molecule has 1 heterocycles. The summed E-state index contributed by atoms with van der Waals surface area (Å²) in [5.74, 6) is 0. The molecule has 0 spiro atoms. The first-order chi connectivity index (χ1) is 7.17. The van der Waals surface area contributed by atoms with Crippen molar-refractivity contribution in [3.05, 3.63) is 12.5 Å². The number of ether oxygens (including phenoxy) is 1. The number of aromatic nitrogens is 2. The van der Waals surface area contributed by atoms with Gasteiger partial charge in [0.2, 0.25) is 0 Å². The zero-order chi connectivity index (χ0) is 11.1. The van der Waals surface area contributed by atoms with E-state index in [-0.39, 0.29) is 5.03 Å². The smallest absolute Gasteiger partial charge is 0.257 e. The highest BCUT2D eigenvalue weighted by Gasteiger charge is 2.13. The number of unbranched alkanes of at least 4 members (excludes halogenated alkanes) is 1. The van der Waals surface area contributed by atoms with Gasteiger partial charge in [-0.15, -0.1) is 0 Å². The molecule has 0 aliphatic carbocycles. The molecular weight excluding hydrogens is 218 g/mol. The maximum absolute atomic E-state index is 11.5. The van der Waals surface area contributed by atoms with Crippen molar-refractivity contribution in [1.29, 1.82) is 0 Å². The molecule has 2 N–H and O–H groups in total. The zero-order valence-corrected chi connectivity index (χ0v) is 9.38. The molecule has 86 valence electrons. The van der Waals surface area contributed by atoms with Gasteiger partial charge < -0.3 is 9.72 Å². The molecule has 0 aliphatic heterocycles. The molecule has 7 heteroatoms. The maximum atomic E-state index is 11.5. The predicted molar refractivity (Wildman–Crippen MR) is 54.9 cm³/mol. The fourth-order valence-corrected chi connectivity index (χ4v) is 2.02. The van der Waals surface area contributed by atoms with Crippen molar-refractivity contribution in [1.82, 2.24) is 14.7 Å². The summed E-state index contributed by atoms with van der Waals surface area (Å²) >= 11 is 0. The van der Waals surface area contributed by atoms with E-state index in [1.54, 1.807) is 7.11 Å². The van der Waals surface area contributed by atoms with Gasteiger partial charge in [0, 0.05) is 20.3 Å². The summed E-state index contributed by atoms with van der Waals surface area (Å²) in [5, 5.41) is 0.0919. The summed E-state index contributed by atoms with van der Waals surface area (Å²) in [6.07, 6.45) is 4.19. The normalized spacial score (nSPS) is 11.8. The third-order valence-electron chi connectivity index (χ3n) is 1.83. The maximum Gasteiger partial charge on any atom is 0.257 e. The third kappa shape index (κ3) is 3.98. The second kappa shape index (κ2) is 5.84. The van der Waals surface area contributed by atoms with Crippen LogP contribution in [-0.2, 0) is 14.8 Å². The minimum absolute atomic E-state index is 0.0919. The van der Waals surface area contributed by atoms with Crippen LogP contribution in [0.1, 0.15) is 12.8 Å². The largest absolute Gasteiger partial charge is 0.385 e. The molecule has 6 nitrogen and oxygen atoms in total. The van der Waals surface area contributed by atoms with E-state index in [4.69, 9.17) is 4.74 Å². The van der Waals surface area contributed by atoms with Crippen molar-refractivity contribution < 1.29 is 13.2 Å². The Balaban J connectivity index is 2.32. The van der Waals surface area contributed by atoms with Crippen LogP contribution < -0.4 is 4.72 Å². The molecule has 0 saturated heterocycles. The van der Waals surface area contributed by atoms with Crippen LogP contribution in [-0.4, -0.2) is 38.6 Å². The molecule has 1 aromatic heterocycles. The molecule has 1 rings (SSSR count). The average Bonchev–Trinajstić information content (AvgIpc) is 2.70. The lowest BCUT2D eigenvalue weighted by Crippen LogP contribution is -2.25. The second-order valence-electron chi connectivity index (χ2n) is 3.01. The van der Waals surface area contributed by atoms with Gasteiger partial charge in [-0.05, 0) is 12.8 Å². The fourth-order valence-electron chi connectivity index (χ4n) is 1.05. The Labute approximate surface area is 89.1 Å². The van der Waals surface area contributed by atoms with Crippen LogP contribution in [0, 0.1) is 0 Å². The molecule has 0 saturated carbocycles. The molecule has 0 unspecified atom stereocenters. The number of hydrogen-bond acceptors (Lipinski definition) is 4. The number of sulfonamides is 1. The number of nitrogens with one attached hydrogen (secondary N) is 2. The molecule has 0 bridgehead atoms. The lowest BCUT2D eigenvalue weighted by molar-refractivity contribution is 0.193. The SMILES string of the molecule is COCCCCNS(=O)(=O)c1cnc[nH]1. The highest BCUT2D eigenvalue weighted by Crippen LogP contribution is 2.01. The van der Waals surface area contributed by atoms with Gasteiger partial charge in [-0.25, -0.2) is 18.1 Å². The molecule has 0 aliphatic rings. The second-order valence-corrected chi connectivity index (χ2v) is 4.75. The minimum atomic E-state index is -3.41. The Morgan fingerprint density at radius 3 is 2.93 bits per heavy atom. The van der Waals surface area contributed by atoms with Gasteiger partial charge in [0.1, 0.15) is 0 Å². The minimum Gasteiger partial charge on any atom is -0.385 e. The van der Waals surface area contributed by atoms with Gasteiger partial charge in [-0.2, -0.15) is 0 Å². The molecule has 1 aromatic rings. The topological polar surface area (TPSA) is 84.1 Å². The summed E-state index contributed by atoms with van der Waals surface area (Å²) in [6.45, 7) is 1.05. The lowest BCUT2D eigenvalue weighted by Gasteiger charge is -2.03. The van der Waals surface area contributed by atoms with Crippen LogP contribution in [0.15, 0.2) is 17.6 Å². The molecular formula is C8H15N3O3S. The first kappa shape index (κ1) is 12.2. The van der Waals surface area contributed by atoms with Gasteiger partial charge in [0.25, 0.3) is 10.0 Å². The number of aromatic amines is 1. The average molecular weight is 233 g/mol. The number of H-pyrrole nitrogens is 1. The number of methoxy groups -OCH3 is 1. The van der Waals surface area contributed by atoms with Crippen LogP contribution in [0.2, 0.25) is 0 Å². The Morgan fingerprint density at radius 1 is 1.53 bits per heavy atom. The monoisotopic (exact) mass is 233 g/mol. The first-order valence-corrected chi connectivity index (χ1v) is 6.12. The summed E-state index contributed by atoms with van der Waals surface area (Å²) in [5.41, 5.74) is 0. The Morgan fingerprint density at radius 2 is 2.33 bits per heavy atom. The zero-order valence-electron chi connectivity index (χ0n) is 8.56. The van der Waals surface area contributed by atoms with Gasteiger partial charge in [-0.1, -0.05) is 0 Å². The van der Waals surface area contributed by atoms with Crippen LogP contribution >= 0.6 is 0 Å². The fraction of sp³-hybridized carbons (Fsp3) is 0.625. The van der Waals surface area contributed by atoms with Crippen molar-refractivity contribution in [2.75, 3.05) is 20.3 Å². The molecule has 0 aromatic carbocycles. The summed E-state index contributed by atoms with van der Waals surface area (Å²) in [7, 11) is -1.79. The van der Waals surface area contributed by atoms with Gasteiger partial charge >= 0.3 is 0 Å². The van der Waals surface area contributed by atoms with E-state index in [0.717, 1.165) is 12.8 Å². The van der Waals surface area contributed by atoms with Crippen molar-refractivity contribution in [3.8, 4) is 0 Å². The standard InChI is InChI=1S/C8H15N3O3S/c1-14-5-3-2-4-11-15(12,13)8-6-9-7-10-8/h6-7,11H,2-5H2,1H3,(H,9,10). The molecule has 0 radical (unpaired) electrons. The van der Waals surface area contributed by atoms with E-state index in [1.807, 2.05) is 0 Å². The highest BCUT2D eigenvalue weighted by atomic mass is 32.2. The molecule has 0 amide bonds. The van der Waals surface area contributed by atoms with Crippen molar-refractivity contribution in [2.24, 2.45) is 0 Å². The number of nitrogens with zero attached hydrogens (tertiary/aromatic N) is 1. The third-order valence-corrected chi connectivity index (χ3v) is 3.22. The van der Waals surface area contributed by atoms with E-state index >= 15 is 0 Å². The number of imidazole rings is 1. The highest BCUT2D eigenvalue weighted by molar-refractivity contribution is 7.89. The Kier molecular flexibility index (Phi) is 4.73. The van der Waals surface area contributed by atoms with Crippen LogP contribution in [0.3, 0.4) is 0 Å². The van der Waals surface area contributed by atoms with Crippen LogP contribution in [0.25, 0.3) is 0 Å². The van der Waals surface area contributed by atoms with Gasteiger partial charge in [0.15, 0.2) is 5.03 Å². The quantitative estimate of drug-likeness (QED) is 0.655. The van der Waals surface area contributed by atoms with Gasteiger partial charge in [-0.3, -0.25) is 0 Å². The van der Waals surface area contributed by atoms with E-state index < -0.39 is 10.0 Å². The van der Waals surface area contributed by atoms with Crippen LogP contribution in [0.4, 0.5) is 0 Å². The molecule has 15 heavy (non-hydrogen) atoms. The Hall–Kier alpha value is -0.920. The van der Waals surface area contributed by atoms with Crippen molar-refractivity contribution in [3.63, 3.8) is 0 Å². The predicted octanol–water partition coefficient (Wildman–Crippen LogP) is 0.115. The lowest BCUT2D eigenvalue weighted by atomic mass is 10.3. The van der Waals surface area contributed by atoms with Crippen LogP contribution in [0.5, 0.6) is 0 Å². The molecule has 0 fully saturated rings. The Bertz CT molecular complexity index is 360. The number of rotatable bonds is 7. The first-order valence-electron chi connectivity index (χ1n) is 4.64.